The summed E-state index contributed by atoms with van der Waals surface area (Å²) in [6.45, 7) is 13.8. The van der Waals surface area contributed by atoms with Gasteiger partial charge in [-0.3, -0.25) is 0 Å². The summed E-state index contributed by atoms with van der Waals surface area (Å²) in [6.07, 6.45) is 19.7. The Kier molecular flexibility index (Phi) is 26.5. The number of hydrogen-bond acceptors (Lipinski definition) is 3. The van der Waals surface area contributed by atoms with Gasteiger partial charge in [0.2, 0.25) is 0 Å². The molecule has 3 nitrogen and oxygen atoms in total. The zero-order valence-corrected chi connectivity index (χ0v) is 21.3. The number of halogens is 1. The average molecular weight is 465 g/mol. The number of carbonyl (C=O) groups is 1. The Bertz CT molecular complexity index is 351. The fraction of sp³-hybridized carbons (Fsp3) is 0.875. The van der Waals surface area contributed by atoms with Crippen LogP contribution in [-0.4, -0.2) is 18.1 Å². The quantitative estimate of drug-likeness (QED) is 0.143. The number of nitrogens with two attached hydrogens (primary N) is 1. The maximum Gasteiger partial charge on any atom is 0.333 e. The molecule has 0 heterocycles. The Morgan fingerprint density at radius 2 is 1.18 bits per heavy atom. The Morgan fingerprint density at radius 1 is 0.821 bits per heavy atom. The summed E-state index contributed by atoms with van der Waals surface area (Å²) in [6, 6.07) is 0. The number of hydrogen-bond donors (Lipinski definition) is 1. The van der Waals surface area contributed by atoms with Crippen molar-refractivity contribution in [3.63, 3.8) is 0 Å². The van der Waals surface area contributed by atoms with E-state index in [1.807, 2.05) is 0 Å². The normalized spacial score (nSPS) is 10.5. The molecule has 0 aliphatic heterocycles. The van der Waals surface area contributed by atoms with Crippen molar-refractivity contribution in [3.05, 3.63) is 12.2 Å². The summed E-state index contributed by atoms with van der Waals surface area (Å²) in [7, 11) is 0. The van der Waals surface area contributed by atoms with E-state index in [1.165, 1.54) is 89.9 Å². The van der Waals surface area contributed by atoms with Crippen molar-refractivity contribution in [1.29, 1.82) is 0 Å². The standard InChI is InChI=1S/C18H39N.C6H10O2.BrH/c1-4-5-6-7-8-9-10-11-12-13-14-15-16-17-18(2,3)19;1-4-8-6(7)5(2)3;/h4-17,19H2,1-3H3;2,4H2,1,3H3;1H. The lowest BCUT2D eigenvalue weighted by Crippen LogP contribution is -2.31. The minimum atomic E-state index is -0.312. The topological polar surface area (TPSA) is 52.3 Å². The van der Waals surface area contributed by atoms with Crippen LogP contribution in [0.15, 0.2) is 12.2 Å². The summed E-state index contributed by atoms with van der Waals surface area (Å²) in [4.78, 5) is 10.4. The fourth-order valence-electron chi connectivity index (χ4n) is 2.85. The predicted molar refractivity (Wildman–Crippen MR) is 130 cm³/mol. The van der Waals surface area contributed by atoms with Crippen molar-refractivity contribution in [2.75, 3.05) is 6.61 Å². The van der Waals surface area contributed by atoms with Crippen molar-refractivity contribution < 1.29 is 9.53 Å². The lowest BCUT2D eigenvalue weighted by Gasteiger charge is -2.17. The molecule has 0 rings (SSSR count). The van der Waals surface area contributed by atoms with Crippen LogP contribution in [0.1, 0.15) is 125 Å². The molecule has 170 valence electrons. The lowest BCUT2D eigenvalue weighted by molar-refractivity contribution is -0.138. The predicted octanol–water partition coefficient (Wildman–Crippen LogP) is 7.91. The number of ether oxygens (including phenoxy) is 1. The second-order valence-corrected chi connectivity index (χ2v) is 8.48. The van der Waals surface area contributed by atoms with E-state index in [-0.39, 0.29) is 28.5 Å². The number of carbonyl (C=O) groups excluding carboxylic acids is 1. The Hall–Kier alpha value is -0.350. The zero-order valence-electron chi connectivity index (χ0n) is 19.6. The van der Waals surface area contributed by atoms with Crippen LogP contribution in [0, 0.1) is 0 Å². The molecule has 0 spiro atoms. The van der Waals surface area contributed by atoms with Crippen molar-refractivity contribution in [2.24, 2.45) is 5.73 Å². The molecule has 0 aliphatic rings. The molecule has 0 amide bonds. The fourth-order valence-corrected chi connectivity index (χ4v) is 2.85. The van der Waals surface area contributed by atoms with Gasteiger partial charge in [0.05, 0.1) is 6.61 Å². The monoisotopic (exact) mass is 463 g/mol. The smallest absolute Gasteiger partial charge is 0.333 e. The highest BCUT2D eigenvalue weighted by atomic mass is 79.9. The van der Waals surface area contributed by atoms with Gasteiger partial charge in [0.15, 0.2) is 0 Å². The molecule has 0 aromatic heterocycles. The maximum atomic E-state index is 10.4. The third-order valence-corrected chi connectivity index (χ3v) is 4.55. The molecule has 0 unspecified atom stereocenters. The largest absolute Gasteiger partial charge is 0.463 e. The highest BCUT2D eigenvalue weighted by Crippen LogP contribution is 2.15. The van der Waals surface area contributed by atoms with Gasteiger partial charge in [0, 0.05) is 11.1 Å². The van der Waals surface area contributed by atoms with E-state index in [0.717, 1.165) is 0 Å². The van der Waals surface area contributed by atoms with Gasteiger partial charge in [-0.1, -0.05) is 97.0 Å². The molecule has 0 saturated carbocycles. The zero-order chi connectivity index (χ0) is 21.0. The number of unbranched alkanes of at least 4 members (excludes halogenated alkanes) is 12. The summed E-state index contributed by atoms with van der Waals surface area (Å²) in [5.74, 6) is -0.312. The molecule has 0 atom stereocenters. The SMILES string of the molecule is Br.C=C(C)C(=O)OCC.CCCCCCCCCCCCCCCC(C)(C)N. The van der Waals surface area contributed by atoms with E-state index >= 15 is 0 Å². The van der Waals surface area contributed by atoms with Crippen LogP contribution in [0.25, 0.3) is 0 Å². The molecule has 4 heteroatoms. The van der Waals surface area contributed by atoms with Gasteiger partial charge in [-0.25, -0.2) is 4.79 Å². The molecule has 28 heavy (non-hydrogen) atoms. The van der Waals surface area contributed by atoms with Crippen molar-refractivity contribution in [3.8, 4) is 0 Å². The second-order valence-electron chi connectivity index (χ2n) is 8.48. The molecule has 0 aliphatic carbocycles. The minimum Gasteiger partial charge on any atom is -0.463 e. The summed E-state index contributed by atoms with van der Waals surface area (Å²) < 4.78 is 4.56. The summed E-state index contributed by atoms with van der Waals surface area (Å²) in [5.41, 5.74) is 6.46. The van der Waals surface area contributed by atoms with Crippen molar-refractivity contribution in [1.82, 2.24) is 0 Å². The summed E-state index contributed by atoms with van der Waals surface area (Å²) >= 11 is 0. The number of rotatable bonds is 16. The third kappa shape index (κ3) is 30.4. The van der Waals surface area contributed by atoms with Gasteiger partial charge in [0.1, 0.15) is 0 Å². The van der Waals surface area contributed by atoms with Gasteiger partial charge in [-0.15, -0.1) is 17.0 Å². The Labute approximate surface area is 187 Å². The third-order valence-electron chi connectivity index (χ3n) is 4.55. The van der Waals surface area contributed by atoms with Crippen LogP contribution in [0.5, 0.6) is 0 Å². The van der Waals surface area contributed by atoms with Crippen molar-refractivity contribution >= 4 is 23.0 Å². The molecular weight excluding hydrogens is 414 g/mol. The van der Waals surface area contributed by atoms with E-state index in [1.54, 1.807) is 13.8 Å². The first-order valence-electron chi connectivity index (χ1n) is 11.4. The van der Waals surface area contributed by atoms with E-state index in [4.69, 9.17) is 5.73 Å². The van der Waals surface area contributed by atoms with Crippen LogP contribution >= 0.6 is 17.0 Å². The van der Waals surface area contributed by atoms with Gasteiger partial charge in [-0.05, 0) is 34.1 Å². The van der Waals surface area contributed by atoms with Crippen LogP contribution in [0.3, 0.4) is 0 Å². The molecule has 0 aromatic carbocycles. The van der Waals surface area contributed by atoms with E-state index < -0.39 is 0 Å². The average Bonchev–Trinajstić information content (AvgIpc) is 2.59. The highest BCUT2D eigenvalue weighted by molar-refractivity contribution is 8.93. The van der Waals surface area contributed by atoms with E-state index in [0.29, 0.717) is 12.2 Å². The molecular formula is C24H50BrNO2. The minimum absolute atomic E-state index is 0. The molecule has 0 fully saturated rings. The first kappa shape index (κ1) is 32.3. The van der Waals surface area contributed by atoms with E-state index in [9.17, 15) is 4.79 Å². The second kappa shape index (κ2) is 22.9. The molecule has 0 radical (unpaired) electrons. The van der Waals surface area contributed by atoms with Crippen LogP contribution in [0.2, 0.25) is 0 Å². The molecule has 2 N–H and O–H groups in total. The van der Waals surface area contributed by atoms with Gasteiger partial charge >= 0.3 is 5.97 Å². The van der Waals surface area contributed by atoms with Gasteiger partial charge < -0.3 is 10.5 Å². The van der Waals surface area contributed by atoms with Gasteiger partial charge in [0.25, 0.3) is 0 Å². The van der Waals surface area contributed by atoms with Crippen molar-refractivity contribution in [2.45, 2.75) is 130 Å². The first-order chi connectivity index (χ1) is 12.7. The maximum absolute atomic E-state index is 10.4. The first-order valence-corrected chi connectivity index (χ1v) is 11.4. The molecule has 0 bridgehead atoms. The molecule has 0 aromatic rings. The summed E-state index contributed by atoms with van der Waals surface area (Å²) in [5, 5.41) is 0. The Morgan fingerprint density at radius 3 is 1.43 bits per heavy atom. The molecule has 0 saturated heterocycles. The van der Waals surface area contributed by atoms with Gasteiger partial charge in [-0.2, -0.15) is 0 Å². The lowest BCUT2D eigenvalue weighted by atomic mass is 9.97. The van der Waals surface area contributed by atoms with Crippen LogP contribution in [0.4, 0.5) is 0 Å². The number of esters is 1. The van der Waals surface area contributed by atoms with E-state index in [2.05, 4.69) is 32.1 Å². The van der Waals surface area contributed by atoms with Crippen LogP contribution < -0.4 is 5.73 Å². The van der Waals surface area contributed by atoms with Crippen LogP contribution in [-0.2, 0) is 9.53 Å². The Balaban J connectivity index is -0.000000587. The highest BCUT2D eigenvalue weighted by Gasteiger charge is 2.08.